The molecule has 8 nitrogen and oxygen atoms in total. The van der Waals surface area contributed by atoms with E-state index in [9.17, 15) is 14.4 Å². The van der Waals surface area contributed by atoms with Gasteiger partial charge in [0.2, 0.25) is 0 Å². The van der Waals surface area contributed by atoms with E-state index in [1.54, 1.807) is 0 Å². The first-order chi connectivity index (χ1) is 10.9. The summed E-state index contributed by atoms with van der Waals surface area (Å²) in [6, 6.07) is 0. The van der Waals surface area contributed by atoms with Crippen LogP contribution in [-0.4, -0.2) is 57.7 Å². The number of esters is 2. The molecule has 0 radical (unpaired) electrons. The molecule has 1 heterocycles. The third-order valence-electron chi connectivity index (χ3n) is 3.56. The van der Waals surface area contributed by atoms with Gasteiger partial charge in [-0.25, -0.2) is 9.59 Å². The molecule has 0 aromatic rings. The van der Waals surface area contributed by atoms with Gasteiger partial charge >= 0.3 is 17.9 Å². The van der Waals surface area contributed by atoms with E-state index in [1.807, 2.05) is 0 Å². The Morgan fingerprint density at radius 2 is 1.39 bits per heavy atom. The van der Waals surface area contributed by atoms with Crippen LogP contribution in [0.25, 0.3) is 0 Å². The molecule has 1 aliphatic heterocycles. The van der Waals surface area contributed by atoms with Gasteiger partial charge in [-0.2, -0.15) is 0 Å². The van der Waals surface area contributed by atoms with E-state index in [0.717, 1.165) is 14.2 Å². The van der Waals surface area contributed by atoms with Crippen molar-refractivity contribution in [1.82, 2.24) is 0 Å². The van der Waals surface area contributed by atoms with Gasteiger partial charge in [0.15, 0.2) is 5.78 Å². The van der Waals surface area contributed by atoms with Crippen LogP contribution < -0.4 is 0 Å². The predicted octanol–water partition coefficient (Wildman–Crippen LogP) is 0.0397. The van der Waals surface area contributed by atoms with Crippen LogP contribution in [0.4, 0.5) is 0 Å². The summed E-state index contributed by atoms with van der Waals surface area (Å²) in [7, 11) is 4.77. The van der Waals surface area contributed by atoms with Crippen LogP contribution in [0.3, 0.4) is 0 Å². The number of carbonyl (C=O) groups excluding carboxylic acids is 3. The van der Waals surface area contributed by atoms with Gasteiger partial charge in [0.1, 0.15) is 11.2 Å². The fraction of sp³-hybridized carbons (Fsp3) is 0.400. The Hall–Kier alpha value is -2.29. The van der Waals surface area contributed by atoms with Gasteiger partial charge in [-0.1, -0.05) is 0 Å². The summed E-state index contributed by atoms with van der Waals surface area (Å²) in [5.41, 5.74) is -2.02. The normalized spacial score (nSPS) is 21.0. The Kier molecular flexibility index (Phi) is 4.51. The van der Waals surface area contributed by atoms with Crippen LogP contribution in [0.15, 0.2) is 35.5 Å². The quantitative estimate of drug-likeness (QED) is 0.528. The largest absolute Gasteiger partial charge is 0.466 e. The molecule has 124 valence electrons. The smallest absolute Gasteiger partial charge is 0.342 e. The highest BCUT2D eigenvalue weighted by Crippen LogP contribution is 2.47. The number of carbonyl (C=O) groups is 3. The van der Waals surface area contributed by atoms with Gasteiger partial charge in [0, 0.05) is 14.2 Å². The molecule has 0 saturated carbocycles. The summed E-state index contributed by atoms with van der Waals surface area (Å²) in [6.07, 6.45) is 5.06. The molecule has 0 atom stereocenters. The van der Waals surface area contributed by atoms with Gasteiger partial charge in [-0.15, -0.1) is 0 Å². The lowest BCUT2D eigenvalue weighted by Crippen LogP contribution is -2.42. The molecule has 0 N–H and O–H groups in total. The van der Waals surface area contributed by atoms with Gasteiger partial charge in [-0.3, -0.25) is 4.79 Å². The van der Waals surface area contributed by atoms with Gasteiger partial charge in [-0.05, 0) is 24.3 Å². The minimum atomic E-state index is -1.98. The number of methoxy groups -OCH3 is 4. The van der Waals surface area contributed by atoms with E-state index in [2.05, 4.69) is 0 Å². The average Bonchev–Trinajstić information content (AvgIpc) is 2.87. The van der Waals surface area contributed by atoms with Crippen molar-refractivity contribution in [2.75, 3.05) is 28.4 Å². The van der Waals surface area contributed by atoms with Crippen LogP contribution in [0, 0.1) is 0 Å². The van der Waals surface area contributed by atoms with Crippen LogP contribution in [0.2, 0.25) is 0 Å². The second-order valence-corrected chi connectivity index (χ2v) is 4.66. The maximum Gasteiger partial charge on any atom is 0.342 e. The molecule has 0 aromatic carbocycles. The van der Waals surface area contributed by atoms with Crippen LogP contribution in [-0.2, 0) is 38.1 Å². The van der Waals surface area contributed by atoms with E-state index in [4.69, 9.17) is 23.7 Å². The van der Waals surface area contributed by atoms with E-state index in [-0.39, 0.29) is 16.9 Å². The van der Waals surface area contributed by atoms with E-state index >= 15 is 0 Å². The lowest BCUT2D eigenvalue weighted by atomic mass is 9.87. The molecule has 0 fully saturated rings. The van der Waals surface area contributed by atoms with Crippen molar-refractivity contribution in [2.24, 2.45) is 0 Å². The summed E-state index contributed by atoms with van der Waals surface area (Å²) in [5, 5.41) is 0. The molecule has 8 heteroatoms. The van der Waals surface area contributed by atoms with Crippen molar-refractivity contribution < 1.29 is 38.1 Å². The van der Waals surface area contributed by atoms with Crippen molar-refractivity contribution >= 4 is 17.7 Å². The Morgan fingerprint density at radius 1 is 0.913 bits per heavy atom. The summed E-state index contributed by atoms with van der Waals surface area (Å²) in [4.78, 5) is 35.9. The van der Waals surface area contributed by atoms with E-state index < -0.39 is 23.5 Å². The van der Waals surface area contributed by atoms with Crippen molar-refractivity contribution in [3.8, 4) is 0 Å². The third kappa shape index (κ3) is 2.50. The average molecular weight is 324 g/mol. The van der Waals surface area contributed by atoms with Crippen molar-refractivity contribution in [3.63, 3.8) is 0 Å². The number of hydrogen-bond acceptors (Lipinski definition) is 8. The summed E-state index contributed by atoms with van der Waals surface area (Å²) in [5.74, 6) is -4.00. The zero-order valence-corrected chi connectivity index (χ0v) is 13.1. The topological polar surface area (TPSA) is 97.4 Å². The molecular weight excluding hydrogens is 308 g/mol. The number of ether oxygens (including phenoxy) is 5. The summed E-state index contributed by atoms with van der Waals surface area (Å²) < 4.78 is 25.6. The first-order valence-corrected chi connectivity index (χ1v) is 6.54. The number of hydrogen-bond donors (Lipinski definition) is 0. The number of allylic oxidation sites excluding steroid dienone is 2. The molecule has 0 amide bonds. The molecule has 0 saturated heterocycles. The van der Waals surface area contributed by atoms with Crippen molar-refractivity contribution in [3.05, 3.63) is 35.5 Å². The maximum atomic E-state index is 12.3. The molecule has 1 aliphatic carbocycles. The first kappa shape index (κ1) is 17.1. The van der Waals surface area contributed by atoms with Gasteiger partial charge in [0.25, 0.3) is 0 Å². The minimum Gasteiger partial charge on any atom is -0.466 e. The van der Waals surface area contributed by atoms with E-state index in [1.165, 1.54) is 38.5 Å². The Balaban J connectivity index is 2.77. The standard InChI is InChI=1S/C15H16O8/c1-19-12(17)10-11(13(18)20-2)15(21-3,22-4)23-14(10)7-5-9(16)6-8-14/h5-8H,1-4H3. The molecule has 0 aromatic heterocycles. The SMILES string of the molecule is COC(=O)C1=C(C(=O)OC)C(OC)(OC)OC12C=CC(=O)C=C2. The highest BCUT2D eigenvalue weighted by atomic mass is 16.9. The Labute approximate surface area is 132 Å². The lowest BCUT2D eigenvalue weighted by molar-refractivity contribution is -0.341. The zero-order valence-electron chi connectivity index (χ0n) is 13.1. The van der Waals surface area contributed by atoms with Gasteiger partial charge in [0.05, 0.1) is 19.8 Å². The minimum absolute atomic E-state index is 0.185. The first-order valence-electron chi connectivity index (χ1n) is 6.54. The molecular formula is C15H16O8. The summed E-state index contributed by atoms with van der Waals surface area (Å²) in [6.45, 7) is 0. The zero-order chi connectivity index (χ0) is 17.3. The highest BCUT2D eigenvalue weighted by molar-refractivity contribution is 6.07. The fourth-order valence-corrected chi connectivity index (χ4v) is 2.49. The predicted molar refractivity (Wildman–Crippen MR) is 74.9 cm³/mol. The highest BCUT2D eigenvalue weighted by Gasteiger charge is 2.60. The molecule has 2 aliphatic rings. The monoisotopic (exact) mass is 324 g/mol. The van der Waals surface area contributed by atoms with E-state index in [0.29, 0.717) is 0 Å². The maximum absolute atomic E-state index is 12.3. The van der Waals surface area contributed by atoms with Crippen LogP contribution in [0.1, 0.15) is 0 Å². The van der Waals surface area contributed by atoms with Crippen LogP contribution >= 0.6 is 0 Å². The van der Waals surface area contributed by atoms with Crippen molar-refractivity contribution in [2.45, 2.75) is 11.6 Å². The second kappa shape index (κ2) is 6.07. The van der Waals surface area contributed by atoms with Crippen molar-refractivity contribution in [1.29, 1.82) is 0 Å². The Morgan fingerprint density at radius 3 is 1.83 bits per heavy atom. The number of ketones is 1. The van der Waals surface area contributed by atoms with Crippen LogP contribution in [0.5, 0.6) is 0 Å². The lowest BCUT2D eigenvalue weighted by Gasteiger charge is -2.31. The second-order valence-electron chi connectivity index (χ2n) is 4.66. The molecule has 1 spiro atoms. The molecule has 0 bridgehead atoms. The molecule has 0 unspecified atom stereocenters. The number of rotatable bonds is 4. The Bertz CT molecular complexity index is 620. The fourth-order valence-electron chi connectivity index (χ4n) is 2.49. The third-order valence-corrected chi connectivity index (χ3v) is 3.56. The summed E-state index contributed by atoms with van der Waals surface area (Å²) >= 11 is 0. The van der Waals surface area contributed by atoms with Gasteiger partial charge < -0.3 is 23.7 Å². The molecule has 2 rings (SSSR count). The molecule has 23 heavy (non-hydrogen) atoms.